The van der Waals surface area contributed by atoms with Crippen molar-refractivity contribution in [2.75, 3.05) is 26.4 Å². The van der Waals surface area contributed by atoms with Gasteiger partial charge >= 0.3 is 0 Å². The largest absolute Gasteiger partial charge is 0.394 e. The fraction of sp³-hybridized carbons (Fsp3) is 0.736. The second-order valence-corrected chi connectivity index (χ2v) is 24.3. The van der Waals surface area contributed by atoms with E-state index in [4.69, 9.17) is 28.4 Å². The Hall–Kier alpha value is -3.55. The molecule has 3 rings (SSSR count). The number of ether oxygens (including phenoxy) is 6. The zero-order chi connectivity index (χ0) is 66.1. The Kier molecular flexibility index (Phi) is 47.3. The van der Waals surface area contributed by atoms with Gasteiger partial charge in [0, 0.05) is 6.42 Å². The molecule has 1 amide bonds. The Bertz CT molecular complexity index is 2070. The molecule has 3 fully saturated rings. The summed E-state index contributed by atoms with van der Waals surface area (Å²) in [5, 5.41) is 121. The lowest BCUT2D eigenvalue weighted by molar-refractivity contribution is -0.379. The Labute approximate surface area is 545 Å². The van der Waals surface area contributed by atoms with E-state index in [-0.39, 0.29) is 18.9 Å². The fourth-order valence-electron chi connectivity index (χ4n) is 11.0. The van der Waals surface area contributed by atoms with Crippen molar-refractivity contribution in [1.82, 2.24) is 5.32 Å². The van der Waals surface area contributed by atoms with E-state index >= 15 is 0 Å². The van der Waals surface area contributed by atoms with Crippen LogP contribution < -0.4 is 5.32 Å². The van der Waals surface area contributed by atoms with Crippen LogP contribution >= 0.6 is 0 Å². The standard InChI is InChI=1S/C72H121NO18/c1-3-5-7-9-11-13-15-17-18-19-20-21-22-23-24-25-26-27-28-29-30-31-32-33-34-35-36-38-40-42-44-46-48-50-60(78)73-55(56(77)49-47-45-43-41-39-37-16-14-12-10-8-6-4-2)54-86-70-66(84)63(81)68(58(52-75)88-70)91-72-67(85)64(82)69(59(53-76)89-72)90-71-65(83)62(80)61(79)57(51-74)87-71/h5,7,11,13,17-18,20-21,23-24,26-27,29-30,32-33,35-36,55-59,61-72,74-77,79-85H,3-4,6,8-10,12,14-16,19,22,25,28,31,34,37-54H2,1-2H3,(H,73,78)/b7-5-,13-11-,18-17-,21-20-,24-23-,27-26-,30-29-,33-32-,36-35-. The lowest BCUT2D eigenvalue weighted by Crippen LogP contribution is -2.66. The summed E-state index contributed by atoms with van der Waals surface area (Å²) in [4.78, 5) is 13.4. The van der Waals surface area contributed by atoms with Gasteiger partial charge in [0.05, 0.1) is 38.6 Å². The van der Waals surface area contributed by atoms with Gasteiger partial charge in [0.2, 0.25) is 5.91 Å². The van der Waals surface area contributed by atoms with Crippen LogP contribution in [0.15, 0.2) is 109 Å². The predicted molar refractivity (Wildman–Crippen MR) is 355 cm³/mol. The van der Waals surface area contributed by atoms with Crippen molar-refractivity contribution in [2.24, 2.45) is 0 Å². The summed E-state index contributed by atoms with van der Waals surface area (Å²) in [6.45, 7) is 1.64. The van der Waals surface area contributed by atoms with Crippen molar-refractivity contribution < 1.29 is 89.4 Å². The summed E-state index contributed by atoms with van der Waals surface area (Å²) in [6, 6.07) is -0.905. The summed E-state index contributed by atoms with van der Waals surface area (Å²) >= 11 is 0. The van der Waals surface area contributed by atoms with Gasteiger partial charge in [0.1, 0.15) is 73.2 Å². The Morgan fingerprint density at radius 2 is 0.758 bits per heavy atom. The molecular weight excluding hydrogens is 1170 g/mol. The fourth-order valence-corrected chi connectivity index (χ4v) is 11.0. The minimum absolute atomic E-state index is 0.236. The zero-order valence-corrected chi connectivity index (χ0v) is 55.0. The summed E-state index contributed by atoms with van der Waals surface area (Å²) in [7, 11) is 0. The zero-order valence-electron chi connectivity index (χ0n) is 55.0. The number of carbonyl (C=O) groups excluding carboxylic acids is 1. The summed E-state index contributed by atoms with van der Waals surface area (Å²) in [5.74, 6) is -0.267. The first-order valence-electron chi connectivity index (χ1n) is 34.6. The molecule has 17 atom stereocenters. The summed E-state index contributed by atoms with van der Waals surface area (Å²) in [6.07, 6.45) is 43.1. The molecule has 0 aromatic rings. The average Bonchev–Trinajstić information content (AvgIpc) is 0.871. The molecular formula is C72H121NO18. The predicted octanol–water partition coefficient (Wildman–Crippen LogP) is 9.05. The molecule has 0 saturated carbocycles. The molecule has 3 saturated heterocycles. The van der Waals surface area contributed by atoms with Crippen LogP contribution in [0.25, 0.3) is 0 Å². The van der Waals surface area contributed by atoms with Gasteiger partial charge in [-0.3, -0.25) is 4.79 Å². The molecule has 0 radical (unpaired) electrons. The van der Waals surface area contributed by atoms with Crippen LogP contribution in [0.3, 0.4) is 0 Å². The highest BCUT2D eigenvalue weighted by atomic mass is 16.8. The van der Waals surface area contributed by atoms with E-state index in [1.165, 1.54) is 57.8 Å². The number of allylic oxidation sites excluding steroid dienone is 18. The highest BCUT2D eigenvalue weighted by Gasteiger charge is 2.53. The first kappa shape index (κ1) is 81.7. The number of hydrogen-bond donors (Lipinski definition) is 12. The van der Waals surface area contributed by atoms with Gasteiger partial charge in [-0.2, -0.15) is 0 Å². The molecule has 0 spiro atoms. The number of aliphatic hydroxyl groups is 11. The van der Waals surface area contributed by atoms with Crippen LogP contribution in [-0.2, 0) is 33.2 Å². The first-order chi connectivity index (χ1) is 44.3. The first-order valence-corrected chi connectivity index (χ1v) is 34.6. The molecule has 19 nitrogen and oxygen atoms in total. The van der Waals surface area contributed by atoms with E-state index in [1.54, 1.807) is 0 Å². The van der Waals surface area contributed by atoms with Crippen molar-refractivity contribution in [3.05, 3.63) is 109 Å². The van der Waals surface area contributed by atoms with Gasteiger partial charge in [-0.1, -0.05) is 226 Å². The quantitative estimate of drug-likeness (QED) is 0.0200. The van der Waals surface area contributed by atoms with Crippen molar-refractivity contribution in [1.29, 1.82) is 0 Å². The number of rotatable bonds is 51. The molecule has 0 aliphatic carbocycles. The number of aliphatic hydroxyl groups excluding tert-OH is 11. The maximum absolute atomic E-state index is 13.4. The Morgan fingerprint density at radius 3 is 1.19 bits per heavy atom. The van der Waals surface area contributed by atoms with Gasteiger partial charge in [-0.25, -0.2) is 0 Å². The molecule has 17 unspecified atom stereocenters. The number of carbonyl (C=O) groups is 1. The highest BCUT2D eigenvalue weighted by molar-refractivity contribution is 5.76. The van der Waals surface area contributed by atoms with Gasteiger partial charge in [-0.15, -0.1) is 0 Å². The van der Waals surface area contributed by atoms with Gasteiger partial charge in [0.25, 0.3) is 0 Å². The number of hydrogen-bond acceptors (Lipinski definition) is 18. The minimum Gasteiger partial charge on any atom is -0.394 e. The second kappa shape index (κ2) is 52.7. The van der Waals surface area contributed by atoms with Crippen LogP contribution in [0.4, 0.5) is 0 Å². The Balaban J connectivity index is 1.40. The van der Waals surface area contributed by atoms with Crippen molar-refractivity contribution in [3.63, 3.8) is 0 Å². The van der Waals surface area contributed by atoms with E-state index in [1.807, 2.05) is 0 Å². The molecule has 0 aromatic carbocycles. The SMILES string of the molecule is CC/C=C\C/C=C\C/C=C\C/C=C\C/C=C\C/C=C\C/C=C\C/C=C\C/C=C\CCCCCCCC(=O)NC(COC1OC(CO)C(OC2OC(CO)C(OC3OC(CO)C(O)C(O)C3O)C(O)C2O)C(O)C1O)C(O)CCCCCCCCCCCCCCC. The van der Waals surface area contributed by atoms with Crippen LogP contribution in [0.1, 0.15) is 206 Å². The lowest BCUT2D eigenvalue weighted by Gasteiger charge is -2.48. The molecule has 3 heterocycles. The molecule has 3 aliphatic heterocycles. The third-order valence-electron chi connectivity index (χ3n) is 16.6. The van der Waals surface area contributed by atoms with E-state index < -0.39 is 124 Å². The smallest absolute Gasteiger partial charge is 0.220 e. The van der Waals surface area contributed by atoms with Crippen molar-refractivity contribution in [2.45, 2.75) is 311 Å². The average molecular weight is 1290 g/mol. The molecule has 522 valence electrons. The van der Waals surface area contributed by atoms with E-state index in [0.29, 0.717) is 12.8 Å². The third-order valence-corrected chi connectivity index (χ3v) is 16.6. The van der Waals surface area contributed by atoms with Crippen molar-refractivity contribution >= 4 is 5.91 Å². The Morgan fingerprint density at radius 1 is 0.407 bits per heavy atom. The van der Waals surface area contributed by atoms with Crippen LogP contribution in [-0.4, -0.2) is 193 Å². The number of nitrogens with one attached hydrogen (secondary N) is 1. The molecule has 0 bridgehead atoms. The summed E-state index contributed by atoms with van der Waals surface area (Å²) < 4.78 is 34.3. The van der Waals surface area contributed by atoms with Crippen LogP contribution in [0.5, 0.6) is 0 Å². The van der Waals surface area contributed by atoms with E-state index in [0.717, 1.165) is 116 Å². The van der Waals surface area contributed by atoms with Gasteiger partial charge in [0.15, 0.2) is 18.9 Å². The lowest BCUT2D eigenvalue weighted by atomic mass is 9.96. The third kappa shape index (κ3) is 34.6. The summed E-state index contributed by atoms with van der Waals surface area (Å²) in [5.41, 5.74) is 0. The van der Waals surface area contributed by atoms with Gasteiger partial charge in [-0.05, 0) is 83.5 Å². The molecule has 3 aliphatic rings. The number of unbranched alkanes of at least 4 members (excludes halogenated alkanes) is 17. The highest BCUT2D eigenvalue weighted by Crippen LogP contribution is 2.33. The molecule has 12 N–H and O–H groups in total. The maximum Gasteiger partial charge on any atom is 0.220 e. The molecule has 91 heavy (non-hydrogen) atoms. The van der Waals surface area contributed by atoms with E-state index in [2.05, 4.69) is 129 Å². The normalized spacial score (nSPS) is 28.6. The van der Waals surface area contributed by atoms with Crippen molar-refractivity contribution in [3.8, 4) is 0 Å². The minimum atomic E-state index is -1.98. The molecule has 19 heteroatoms. The monoisotopic (exact) mass is 1290 g/mol. The van der Waals surface area contributed by atoms with Gasteiger partial charge < -0.3 is 89.9 Å². The van der Waals surface area contributed by atoms with E-state index in [9.17, 15) is 61.0 Å². The maximum atomic E-state index is 13.4. The topological polar surface area (TPSA) is 307 Å². The van der Waals surface area contributed by atoms with Crippen LogP contribution in [0.2, 0.25) is 0 Å². The second-order valence-electron chi connectivity index (χ2n) is 24.3. The number of amides is 1. The molecule has 0 aromatic heterocycles. The van der Waals surface area contributed by atoms with Crippen LogP contribution in [0, 0.1) is 0 Å².